The van der Waals surface area contributed by atoms with Gasteiger partial charge in [-0.05, 0) is 42.5 Å². The Hall–Kier alpha value is -3.89. The minimum atomic E-state index is -0.940. The Morgan fingerprint density at radius 2 is 1.70 bits per heavy atom. The van der Waals surface area contributed by atoms with Gasteiger partial charge in [0.25, 0.3) is 5.56 Å². The Kier molecular flexibility index (Phi) is 6.29. The Morgan fingerprint density at radius 1 is 1.00 bits per heavy atom. The highest BCUT2D eigenvalue weighted by atomic mass is 19.1. The molecule has 0 amide bonds. The zero-order chi connectivity index (χ0) is 23.5. The van der Waals surface area contributed by atoms with Gasteiger partial charge < -0.3 is 19.8 Å². The SMILES string of the molecule is COc1ccc(-c2nc(N(CO)CCO)nc3c2ccc(=O)n3-c2c(F)cccc2F)cc1. The molecule has 170 valence electrons. The monoisotopic (exact) mass is 454 g/mol. The standard InChI is InChI=1S/C23H20F2N4O4/c1-33-15-7-5-14(6-8-15)20-16-9-10-19(32)29(21-17(24)3-2-4-18(21)25)22(16)27-23(26-20)28(13-31)11-12-30/h2-10,30-31H,11-13H2,1H3. The molecule has 0 saturated carbocycles. The van der Waals surface area contributed by atoms with E-state index in [9.17, 15) is 23.8 Å². The van der Waals surface area contributed by atoms with Gasteiger partial charge in [0.2, 0.25) is 5.95 Å². The van der Waals surface area contributed by atoms with Crippen LogP contribution in [0.25, 0.3) is 28.0 Å². The maximum atomic E-state index is 14.7. The molecule has 0 fully saturated rings. The van der Waals surface area contributed by atoms with Gasteiger partial charge in [-0.15, -0.1) is 0 Å². The van der Waals surface area contributed by atoms with Crippen molar-refractivity contribution in [2.75, 3.05) is 31.9 Å². The van der Waals surface area contributed by atoms with Crippen molar-refractivity contribution < 1.29 is 23.7 Å². The molecule has 2 aromatic heterocycles. The number of para-hydroxylation sites is 1. The van der Waals surface area contributed by atoms with Gasteiger partial charge in [0.05, 0.1) is 19.4 Å². The molecule has 0 aliphatic carbocycles. The summed E-state index contributed by atoms with van der Waals surface area (Å²) in [7, 11) is 1.53. The number of methoxy groups -OCH3 is 1. The third-order valence-electron chi connectivity index (χ3n) is 5.09. The topological polar surface area (TPSA) is 101 Å². The molecule has 0 bridgehead atoms. The van der Waals surface area contributed by atoms with Gasteiger partial charge in [-0.1, -0.05) is 6.07 Å². The number of fused-ring (bicyclic) bond motifs is 1. The van der Waals surface area contributed by atoms with Crippen LogP contribution < -0.4 is 15.2 Å². The van der Waals surface area contributed by atoms with Crippen molar-refractivity contribution in [1.29, 1.82) is 0 Å². The zero-order valence-corrected chi connectivity index (χ0v) is 17.6. The number of pyridine rings is 1. The van der Waals surface area contributed by atoms with Gasteiger partial charge in [-0.25, -0.2) is 13.8 Å². The summed E-state index contributed by atoms with van der Waals surface area (Å²) in [6.45, 7) is -0.836. The van der Waals surface area contributed by atoms with Crippen molar-refractivity contribution >= 4 is 17.0 Å². The summed E-state index contributed by atoms with van der Waals surface area (Å²) < 4.78 is 35.3. The molecule has 8 nitrogen and oxygen atoms in total. The van der Waals surface area contributed by atoms with Gasteiger partial charge in [0.1, 0.15) is 29.8 Å². The fourth-order valence-electron chi connectivity index (χ4n) is 3.49. The van der Waals surface area contributed by atoms with Crippen LogP contribution in [0.5, 0.6) is 5.75 Å². The van der Waals surface area contributed by atoms with Gasteiger partial charge in [0, 0.05) is 23.6 Å². The van der Waals surface area contributed by atoms with E-state index in [0.29, 0.717) is 22.4 Å². The van der Waals surface area contributed by atoms with Gasteiger partial charge in [0.15, 0.2) is 5.65 Å². The van der Waals surface area contributed by atoms with Crippen molar-refractivity contribution in [1.82, 2.24) is 14.5 Å². The Balaban J connectivity index is 2.10. The summed E-state index contributed by atoms with van der Waals surface area (Å²) in [5.41, 5.74) is -0.352. The van der Waals surface area contributed by atoms with Crippen molar-refractivity contribution in [2.45, 2.75) is 0 Å². The summed E-state index contributed by atoms with van der Waals surface area (Å²) in [6, 6.07) is 12.8. The van der Waals surface area contributed by atoms with Crippen LogP contribution in [-0.2, 0) is 0 Å². The number of hydrogen-bond donors (Lipinski definition) is 2. The molecule has 2 aromatic carbocycles. The molecular weight excluding hydrogens is 434 g/mol. The number of anilines is 1. The van der Waals surface area contributed by atoms with E-state index < -0.39 is 29.6 Å². The number of halogens is 2. The molecule has 2 heterocycles. The maximum Gasteiger partial charge on any atom is 0.256 e. The van der Waals surface area contributed by atoms with Crippen LogP contribution >= 0.6 is 0 Å². The van der Waals surface area contributed by atoms with E-state index in [-0.39, 0.29) is 24.7 Å². The van der Waals surface area contributed by atoms with Crippen LogP contribution in [0.3, 0.4) is 0 Å². The Morgan fingerprint density at radius 3 is 2.30 bits per heavy atom. The highest BCUT2D eigenvalue weighted by Crippen LogP contribution is 2.30. The second-order valence-corrected chi connectivity index (χ2v) is 7.04. The molecule has 0 aliphatic rings. The lowest BCUT2D eigenvalue weighted by atomic mass is 10.1. The first kappa shape index (κ1) is 22.3. The van der Waals surface area contributed by atoms with Crippen LogP contribution in [-0.4, -0.2) is 51.7 Å². The van der Waals surface area contributed by atoms with Crippen LogP contribution in [0.4, 0.5) is 14.7 Å². The van der Waals surface area contributed by atoms with Crippen LogP contribution in [0.15, 0.2) is 59.4 Å². The van der Waals surface area contributed by atoms with E-state index in [2.05, 4.69) is 9.97 Å². The van der Waals surface area contributed by atoms with Crippen molar-refractivity contribution in [3.8, 4) is 22.7 Å². The molecule has 4 rings (SSSR count). The van der Waals surface area contributed by atoms with Crippen LogP contribution in [0.2, 0.25) is 0 Å². The van der Waals surface area contributed by atoms with Gasteiger partial charge >= 0.3 is 0 Å². The first-order valence-corrected chi connectivity index (χ1v) is 9.97. The fraction of sp³-hybridized carbons (Fsp3) is 0.174. The first-order valence-electron chi connectivity index (χ1n) is 9.97. The first-order chi connectivity index (χ1) is 16.0. The molecule has 2 N–H and O–H groups in total. The molecule has 0 unspecified atom stereocenters. The predicted octanol–water partition coefficient (Wildman–Crippen LogP) is 2.48. The van der Waals surface area contributed by atoms with Gasteiger partial charge in [-0.2, -0.15) is 4.98 Å². The second kappa shape index (κ2) is 9.31. The molecule has 10 heteroatoms. The number of benzene rings is 2. The maximum absolute atomic E-state index is 14.7. The molecule has 0 spiro atoms. The Labute approximate surface area is 187 Å². The third-order valence-corrected chi connectivity index (χ3v) is 5.09. The molecular formula is C23H20F2N4O4. The lowest BCUT2D eigenvalue weighted by Crippen LogP contribution is -2.30. The van der Waals surface area contributed by atoms with E-state index in [0.717, 1.165) is 16.7 Å². The van der Waals surface area contributed by atoms with Crippen LogP contribution in [0.1, 0.15) is 0 Å². The highest BCUT2D eigenvalue weighted by molar-refractivity contribution is 5.92. The highest BCUT2D eigenvalue weighted by Gasteiger charge is 2.21. The number of aromatic nitrogens is 3. The number of ether oxygens (including phenoxy) is 1. The average molecular weight is 454 g/mol. The molecule has 0 saturated heterocycles. The third kappa shape index (κ3) is 4.13. The lowest BCUT2D eigenvalue weighted by Gasteiger charge is -2.21. The number of nitrogens with zero attached hydrogens (tertiary/aromatic N) is 4. The predicted molar refractivity (Wildman–Crippen MR) is 119 cm³/mol. The van der Waals surface area contributed by atoms with E-state index in [1.54, 1.807) is 24.3 Å². The molecule has 0 atom stereocenters. The minimum absolute atomic E-state index is 0.00478. The summed E-state index contributed by atoms with van der Waals surface area (Å²) in [6.07, 6.45) is 0. The molecule has 0 aliphatic heterocycles. The summed E-state index contributed by atoms with van der Waals surface area (Å²) in [5.74, 6) is -1.30. The minimum Gasteiger partial charge on any atom is -0.497 e. The van der Waals surface area contributed by atoms with Crippen LogP contribution in [0, 0.1) is 11.6 Å². The average Bonchev–Trinajstić information content (AvgIpc) is 2.83. The second-order valence-electron chi connectivity index (χ2n) is 7.04. The number of aliphatic hydroxyl groups excluding tert-OH is 2. The normalized spacial score (nSPS) is 11.1. The molecule has 33 heavy (non-hydrogen) atoms. The van der Waals surface area contributed by atoms with E-state index in [1.807, 2.05) is 0 Å². The lowest BCUT2D eigenvalue weighted by molar-refractivity contribution is 0.256. The molecule has 0 radical (unpaired) electrons. The fourth-order valence-corrected chi connectivity index (χ4v) is 3.49. The number of aliphatic hydroxyl groups is 2. The Bertz CT molecular complexity index is 1340. The van der Waals surface area contributed by atoms with Gasteiger partial charge in [-0.3, -0.25) is 9.36 Å². The number of hydrogen-bond acceptors (Lipinski definition) is 7. The zero-order valence-electron chi connectivity index (χ0n) is 17.6. The quantitative estimate of drug-likeness (QED) is 0.414. The van der Waals surface area contributed by atoms with Crippen molar-refractivity contribution in [2.24, 2.45) is 0 Å². The van der Waals surface area contributed by atoms with E-state index in [4.69, 9.17) is 4.74 Å². The summed E-state index contributed by atoms with van der Waals surface area (Å²) >= 11 is 0. The molecule has 4 aromatic rings. The summed E-state index contributed by atoms with van der Waals surface area (Å²) in [4.78, 5) is 22.9. The number of rotatable bonds is 7. The largest absolute Gasteiger partial charge is 0.497 e. The van der Waals surface area contributed by atoms with E-state index >= 15 is 0 Å². The smallest absolute Gasteiger partial charge is 0.256 e. The van der Waals surface area contributed by atoms with Crippen molar-refractivity contribution in [3.63, 3.8) is 0 Å². The summed E-state index contributed by atoms with van der Waals surface area (Å²) in [5, 5.41) is 19.5. The van der Waals surface area contributed by atoms with E-state index in [1.165, 1.54) is 30.2 Å². The van der Waals surface area contributed by atoms with Crippen molar-refractivity contribution in [3.05, 3.63) is 76.6 Å².